The SMILES string of the molecule is CO[C@H]1C[C@@H](O[C@H]2[C@@H](O)C[C@H](O[C@H]3CC[C@@]4(C)[C@H](CC[C@H]5[C@@H]4[C@H](O)C[C@]4(C)[C@@H](C6=CC(=O)OC6)CC[C@]54O)C3)O[C@@H]2C)O[C@H](C)[C@H]1O. The number of methoxy groups -OCH3 is 1. The van der Waals surface area contributed by atoms with Crippen molar-refractivity contribution in [1.29, 1.82) is 0 Å². The average molecular weight is 665 g/mol. The molecule has 4 aliphatic carbocycles. The monoisotopic (exact) mass is 664 g/mol. The fraction of sp³-hybridized carbons (Fsp3) is 0.917. The maximum atomic E-state index is 12.5. The van der Waals surface area contributed by atoms with E-state index in [0.717, 1.165) is 44.1 Å². The van der Waals surface area contributed by atoms with E-state index in [1.165, 1.54) is 0 Å². The summed E-state index contributed by atoms with van der Waals surface area (Å²) in [6.45, 7) is 8.41. The van der Waals surface area contributed by atoms with Gasteiger partial charge in [-0.3, -0.25) is 0 Å². The number of cyclic esters (lactones) is 1. The van der Waals surface area contributed by atoms with Gasteiger partial charge in [-0.1, -0.05) is 13.8 Å². The average Bonchev–Trinajstić information content (AvgIpc) is 3.56. The fourth-order valence-electron chi connectivity index (χ4n) is 11.6. The zero-order valence-corrected chi connectivity index (χ0v) is 28.6. The highest BCUT2D eigenvalue weighted by molar-refractivity contribution is 5.85. The van der Waals surface area contributed by atoms with Crippen LogP contribution in [0, 0.1) is 34.5 Å². The minimum absolute atomic E-state index is 0.00342. The van der Waals surface area contributed by atoms with Crippen molar-refractivity contribution in [2.75, 3.05) is 13.7 Å². The van der Waals surface area contributed by atoms with Gasteiger partial charge in [0.15, 0.2) is 12.6 Å². The van der Waals surface area contributed by atoms with Gasteiger partial charge in [-0.2, -0.15) is 0 Å². The smallest absolute Gasteiger partial charge is 0.331 e. The minimum atomic E-state index is -0.888. The lowest BCUT2D eigenvalue weighted by molar-refractivity contribution is -0.319. The summed E-state index contributed by atoms with van der Waals surface area (Å²) in [5, 5.41) is 45.8. The third-order valence-corrected chi connectivity index (χ3v) is 14.1. The Morgan fingerprint density at radius 1 is 0.894 bits per heavy atom. The summed E-state index contributed by atoms with van der Waals surface area (Å²) in [7, 11) is 1.56. The molecule has 17 atom stereocenters. The molecule has 0 radical (unpaired) electrons. The second-order valence-electron chi connectivity index (χ2n) is 16.4. The first-order valence-corrected chi connectivity index (χ1v) is 18.1. The molecule has 0 aromatic heterocycles. The van der Waals surface area contributed by atoms with Crippen LogP contribution in [0.3, 0.4) is 0 Å². The largest absolute Gasteiger partial charge is 0.458 e. The van der Waals surface area contributed by atoms with Gasteiger partial charge in [0.25, 0.3) is 0 Å². The summed E-state index contributed by atoms with van der Waals surface area (Å²) in [5.41, 5.74) is -0.535. The normalized spacial score (nSPS) is 54.7. The second kappa shape index (κ2) is 12.6. The molecule has 7 aliphatic rings. The third-order valence-electron chi connectivity index (χ3n) is 14.1. The number of esters is 1. The Balaban J connectivity index is 0.973. The summed E-state index contributed by atoms with van der Waals surface area (Å²) in [5.74, 6) is 0.0936. The molecule has 0 spiro atoms. The van der Waals surface area contributed by atoms with Gasteiger partial charge in [-0.25, -0.2) is 4.79 Å². The van der Waals surface area contributed by atoms with Gasteiger partial charge < -0.3 is 48.8 Å². The van der Waals surface area contributed by atoms with E-state index in [1.54, 1.807) is 20.1 Å². The molecule has 11 nitrogen and oxygen atoms in total. The summed E-state index contributed by atoms with van der Waals surface area (Å²) in [6, 6.07) is 0. The van der Waals surface area contributed by atoms with Crippen LogP contribution in [-0.2, 0) is 33.2 Å². The molecule has 0 aromatic carbocycles. The lowest BCUT2D eigenvalue weighted by atomic mass is 9.42. The number of ether oxygens (including phenoxy) is 6. The van der Waals surface area contributed by atoms with Crippen molar-refractivity contribution < 1.29 is 53.6 Å². The molecule has 11 heteroatoms. The van der Waals surface area contributed by atoms with Crippen LogP contribution in [0.5, 0.6) is 0 Å². The molecule has 0 amide bonds. The fourth-order valence-corrected chi connectivity index (χ4v) is 11.6. The molecule has 2 saturated heterocycles. The van der Waals surface area contributed by atoms with E-state index in [1.807, 2.05) is 6.92 Å². The molecule has 6 fully saturated rings. The van der Waals surface area contributed by atoms with Gasteiger partial charge in [0.2, 0.25) is 0 Å². The van der Waals surface area contributed by atoms with E-state index in [4.69, 9.17) is 28.4 Å². The van der Waals surface area contributed by atoms with Crippen LogP contribution in [-0.4, -0.2) is 107 Å². The van der Waals surface area contributed by atoms with E-state index >= 15 is 0 Å². The first kappa shape index (κ1) is 34.3. The summed E-state index contributed by atoms with van der Waals surface area (Å²) in [6.07, 6.45) is 3.55. The molecule has 3 aliphatic heterocycles. The van der Waals surface area contributed by atoms with Gasteiger partial charge >= 0.3 is 5.97 Å². The quantitative estimate of drug-likeness (QED) is 0.245. The standard InChI is InChI=1S/C36H56O11/c1-18-32(40)27(42-5)15-30(44-18)47-33-19(2)45-29(14-25(33)37)46-22-8-10-34(3)21(13-22)6-7-24-31(34)26(38)16-35(4)23(9-11-36(24,35)41)20-12-28(39)43-17-20/h12,18-19,21-27,29-33,37-38,40-41H,6-11,13-17H2,1-5H3/t18-,19-,21-,22+,23-,24+,25+,26-,27+,29+,30-,31-,32-,33-,34+,35-,36+/m1/s1. The molecular formula is C36H56O11. The number of aliphatic hydroxyl groups excluding tert-OH is 3. The van der Waals surface area contributed by atoms with Gasteiger partial charge in [-0.05, 0) is 99.9 Å². The van der Waals surface area contributed by atoms with Crippen molar-refractivity contribution in [2.24, 2.45) is 34.5 Å². The molecular weight excluding hydrogens is 608 g/mol. The number of carbonyl (C=O) groups is 1. The third kappa shape index (κ3) is 5.64. The van der Waals surface area contributed by atoms with Crippen LogP contribution in [0.4, 0.5) is 0 Å². The van der Waals surface area contributed by atoms with Crippen molar-refractivity contribution in [3.63, 3.8) is 0 Å². The number of fused-ring (bicyclic) bond motifs is 5. The topological polar surface area (TPSA) is 153 Å². The van der Waals surface area contributed by atoms with Crippen molar-refractivity contribution in [3.8, 4) is 0 Å². The second-order valence-corrected chi connectivity index (χ2v) is 16.4. The molecule has 4 saturated carbocycles. The van der Waals surface area contributed by atoms with Crippen molar-refractivity contribution in [1.82, 2.24) is 0 Å². The first-order chi connectivity index (χ1) is 22.3. The number of carbonyl (C=O) groups excluding carboxylic acids is 1. The highest BCUT2D eigenvalue weighted by Crippen LogP contribution is 2.70. The molecule has 3 heterocycles. The van der Waals surface area contributed by atoms with Crippen LogP contribution in [0.15, 0.2) is 11.6 Å². The highest BCUT2D eigenvalue weighted by Gasteiger charge is 2.70. The Morgan fingerprint density at radius 3 is 2.34 bits per heavy atom. The molecule has 47 heavy (non-hydrogen) atoms. The lowest BCUT2D eigenvalue weighted by Gasteiger charge is -2.65. The maximum Gasteiger partial charge on any atom is 0.331 e. The Morgan fingerprint density at radius 2 is 1.64 bits per heavy atom. The molecule has 266 valence electrons. The van der Waals surface area contributed by atoms with Crippen LogP contribution >= 0.6 is 0 Å². The van der Waals surface area contributed by atoms with E-state index in [2.05, 4.69) is 13.8 Å². The Bertz CT molecular complexity index is 1200. The van der Waals surface area contributed by atoms with Gasteiger partial charge in [0, 0.05) is 31.4 Å². The number of hydrogen-bond acceptors (Lipinski definition) is 11. The number of aliphatic hydroxyl groups is 4. The number of hydrogen-bond donors (Lipinski definition) is 4. The lowest BCUT2D eigenvalue weighted by Crippen LogP contribution is -2.66. The first-order valence-electron chi connectivity index (χ1n) is 18.1. The highest BCUT2D eigenvalue weighted by atomic mass is 16.7. The minimum Gasteiger partial charge on any atom is -0.458 e. The molecule has 0 aromatic rings. The van der Waals surface area contributed by atoms with Crippen molar-refractivity contribution in [2.45, 2.75) is 159 Å². The summed E-state index contributed by atoms with van der Waals surface area (Å²) >= 11 is 0. The van der Waals surface area contributed by atoms with Crippen LogP contribution in [0.2, 0.25) is 0 Å². The predicted molar refractivity (Wildman–Crippen MR) is 168 cm³/mol. The Labute approximate surface area is 278 Å². The van der Waals surface area contributed by atoms with Gasteiger partial charge in [0.1, 0.15) is 18.8 Å². The van der Waals surface area contributed by atoms with Crippen LogP contribution in [0.25, 0.3) is 0 Å². The van der Waals surface area contributed by atoms with Crippen molar-refractivity contribution in [3.05, 3.63) is 11.6 Å². The van der Waals surface area contributed by atoms with E-state index < -0.39 is 66.3 Å². The van der Waals surface area contributed by atoms with Crippen LogP contribution < -0.4 is 0 Å². The van der Waals surface area contributed by atoms with Crippen molar-refractivity contribution >= 4 is 5.97 Å². The summed E-state index contributed by atoms with van der Waals surface area (Å²) in [4.78, 5) is 11.9. The molecule has 7 rings (SSSR count). The predicted octanol–water partition coefficient (Wildman–Crippen LogP) is 2.99. The van der Waals surface area contributed by atoms with Crippen LogP contribution in [0.1, 0.15) is 91.9 Å². The molecule has 4 N–H and O–H groups in total. The molecule has 0 unspecified atom stereocenters. The van der Waals surface area contributed by atoms with Gasteiger partial charge in [-0.15, -0.1) is 0 Å². The van der Waals surface area contributed by atoms with E-state index in [0.29, 0.717) is 31.8 Å². The zero-order chi connectivity index (χ0) is 33.5. The van der Waals surface area contributed by atoms with Gasteiger partial charge in [0.05, 0.1) is 42.2 Å². The molecule has 0 bridgehead atoms. The maximum absolute atomic E-state index is 12.5. The zero-order valence-electron chi connectivity index (χ0n) is 28.6. The Hall–Kier alpha value is -1.15. The summed E-state index contributed by atoms with van der Waals surface area (Å²) < 4.78 is 35.5. The van der Waals surface area contributed by atoms with E-state index in [-0.39, 0.29) is 41.7 Å². The number of rotatable bonds is 6. The Kier molecular flexibility index (Phi) is 9.17. The van der Waals surface area contributed by atoms with E-state index in [9.17, 15) is 25.2 Å².